The van der Waals surface area contributed by atoms with Crippen LogP contribution in [0.15, 0.2) is 22.6 Å². The number of hydrogen-bond donors (Lipinski definition) is 1. The fourth-order valence-electron chi connectivity index (χ4n) is 1.63. The molecule has 2 aromatic heterocycles. The van der Waals surface area contributed by atoms with Crippen molar-refractivity contribution in [1.82, 2.24) is 5.32 Å². The largest absolute Gasteiger partial charge is 0.465 e. The van der Waals surface area contributed by atoms with Crippen LogP contribution in [-0.4, -0.2) is 0 Å². The summed E-state index contributed by atoms with van der Waals surface area (Å²) in [5.41, 5.74) is 1.38. The maximum absolute atomic E-state index is 5.49. The van der Waals surface area contributed by atoms with Crippen molar-refractivity contribution in [2.75, 3.05) is 0 Å². The third kappa shape index (κ3) is 2.74. The van der Waals surface area contributed by atoms with E-state index in [1.54, 1.807) is 0 Å². The van der Waals surface area contributed by atoms with Crippen molar-refractivity contribution in [2.24, 2.45) is 0 Å². The summed E-state index contributed by atoms with van der Waals surface area (Å²) in [7, 11) is 0. The number of nitrogens with one attached hydrogen (secondary N) is 1. The van der Waals surface area contributed by atoms with Gasteiger partial charge in [-0.3, -0.25) is 0 Å². The van der Waals surface area contributed by atoms with Crippen LogP contribution in [0.3, 0.4) is 0 Å². The standard InChI is InChI=1S/C13H17NOS/c1-9-6-13(16-11(9)3)8-14-7-12-5-4-10(2)15-12/h4-6,14H,7-8H2,1-3H3. The Labute approximate surface area is 100 Å². The molecule has 2 rings (SSSR count). The molecule has 2 aromatic rings. The highest BCUT2D eigenvalue weighted by molar-refractivity contribution is 7.12. The van der Waals surface area contributed by atoms with E-state index in [1.807, 2.05) is 30.4 Å². The SMILES string of the molecule is Cc1ccc(CNCc2cc(C)c(C)s2)o1. The summed E-state index contributed by atoms with van der Waals surface area (Å²) < 4.78 is 5.49. The van der Waals surface area contributed by atoms with Gasteiger partial charge in [0.05, 0.1) is 6.54 Å². The van der Waals surface area contributed by atoms with Gasteiger partial charge in [0.15, 0.2) is 0 Å². The fourth-order valence-corrected chi connectivity index (χ4v) is 2.65. The Morgan fingerprint density at radius 3 is 2.56 bits per heavy atom. The van der Waals surface area contributed by atoms with Crippen molar-refractivity contribution in [3.05, 3.63) is 45.0 Å². The molecule has 0 saturated heterocycles. The average Bonchev–Trinajstić information content (AvgIpc) is 2.75. The van der Waals surface area contributed by atoms with Crippen LogP contribution < -0.4 is 5.32 Å². The molecule has 0 aliphatic heterocycles. The lowest BCUT2D eigenvalue weighted by Crippen LogP contribution is -2.10. The molecule has 0 aliphatic carbocycles. The van der Waals surface area contributed by atoms with E-state index in [0.29, 0.717) is 0 Å². The zero-order chi connectivity index (χ0) is 11.5. The zero-order valence-electron chi connectivity index (χ0n) is 9.96. The van der Waals surface area contributed by atoms with E-state index in [9.17, 15) is 0 Å². The van der Waals surface area contributed by atoms with Crippen molar-refractivity contribution >= 4 is 11.3 Å². The molecule has 0 unspecified atom stereocenters. The lowest BCUT2D eigenvalue weighted by molar-refractivity contribution is 0.462. The van der Waals surface area contributed by atoms with Crippen LogP contribution in [0.1, 0.15) is 26.8 Å². The first-order valence-electron chi connectivity index (χ1n) is 5.47. The van der Waals surface area contributed by atoms with Gasteiger partial charge >= 0.3 is 0 Å². The second kappa shape index (κ2) is 4.85. The average molecular weight is 235 g/mol. The highest BCUT2D eigenvalue weighted by Gasteiger charge is 2.02. The normalized spacial score (nSPS) is 10.9. The predicted molar refractivity (Wildman–Crippen MR) is 67.8 cm³/mol. The molecule has 0 amide bonds. The molecular formula is C13H17NOS. The second-order valence-electron chi connectivity index (χ2n) is 4.07. The zero-order valence-corrected chi connectivity index (χ0v) is 10.8. The summed E-state index contributed by atoms with van der Waals surface area (Å²) in [5.74, 6) is 1.97. The quantitative estimate of drug-likeness (QED) is 0.876. The Kier molecular flexibility index (Phi) is 3.46. The van der Waals surface area contributed by atoms with Gasteiger partial charge in [-0.05, 0) is 44.5 Å². The van der Waals surface area contributed by atoms with Crippen LogP contribution in [0.2, 0.25) is 0 Å². The number of thiophene rings is 1. The Morgan fingerprint density at radius 2 is 2.00 bits per heavy atom. The topological polar surface area (TPSA) is 25.2 Å². The summed E-state index contributed by atoms with van der Waals surface area (Å²) >= 11 is 1.86. The van der Waals surface area contributed by atoms with E-state index in [4.69, 9.17) is 4.42 Å². The van der Waals surface area contributed by atoms with Gasteiger partial charge in [0.2, 0.25) is 0 Å². The predicted octanol–water partition coefficient (Wildman–Crippen LogP) is 3.56. The van der Waals surface area contributed by atoms with Gasteiger partial charge in [-0.15, -0.1) is 11.3 Å². The van der Waals surface area contributed by atoms with Gasteiger partial charge in [-0.25, -0.2) is 0 Å². The lowest BCUT2D eigenvalue weighted by atomic mass is 10.3. The molecule has 16 heavy (non-hydrogen) atoms. The molecule has 0 saturated carbocycles. The van der Waals surface area contributed by atoms with Crippen LogP contribution >= 0.6 is 11.3 Å². The Morgan fingerprint density at radius 1 is 1.19 bits per heavy atom. The highest BCUT2D eigenvalue weighted by Crippen LogP contribution is 2.20. The Bertz CT molecular complexity index is 450. The molecule has 86 valence electrons. The maximum atomic E-state index is 5.49. The second-order valence-corrected chi connectivity index (χ2v) is 5.41. The molecule has 0 fully saturated rings. The van der Waals surface area contributed by atoms with Gasteiger partial charge in [0.25, 0.3) is 0 Å². The molecule has 2 heterocycles. The molecule has 0 atom stereocenters. The first-order valence-corrected chi connectivity index (χ1v) is 6.29. The van der Waals surface area contributed by atoms with E-state index >= 15 is 0 Å². The fraction of sp³-hybridized carbons (Fsp3) is 0.385. The van der Waals surface area contributed by atoms with E-state index in [2.05, 4.69) is 25.2 Å². The van der Waals surface area contributed by atoms with Gasteiger partial charge in [-0.2, -0.15) is 0 Å². The minimum absolute atomic E-state index is 0.795. The van der Waals surface area contributed by atoms with E-state index in [-0.39, 0.29) is 0 Å². The van der Waals surface area contributed by atoms with E-state index in [0.717, 1.165) is 24.6 Å². The third-order valence-electron chi connectivity index (χ3n) is 2.61. The van der Waals surface area contributed by atoms with Crippen LogP contribution in [0.5, 0.6) is 0 Å². The first kappa shape index (κ1) is 11.4. The van der Waals surface area contributed by atoms with Gasteiger partial charge < -0.3 is 9.73 Å². The minimum Gasteiger partial charge on any atom is -0.465 e. The summed E-state index contributed by atoms with van der Waals surface area (Å²) in [6, 6.07) is 6.27. The highest BCUT2D eigenvalue weighted by atomic mass is 32.1. The third-order valence-corrected chi connectivity index (χ3v) is 3.76. The van der Waals surface area contributed by atoms with Crippen molar-refractivity contribution < 1.29 is 4.42 Å². The molecule has 0 spiro atoms. The monoisotopic (exact) mass is 235 g/mol. The van der Waals surface area contributed by atoms with Crippen LogP contribution in [0, 0.1) is 20.8 Å². The summed E-state index contributed by atoms with van der Waals surface area (Å²) in [6.07, 6.45) is 0. The number of aryl methyl sites for hydroxylation is 3. The molecule has 0 radical (unpaired) electrons. The molecule has 0 aromatic carbocycles. The van der Waals surface area contributed by atoms with Gasteiger partial charge in [-0.1, -0.05) is 0 Å². The lowest BCUT2D eigenvalue weighted by Gasteiger charge is -1.99. The molecule has 0 aliphatic rings. The van der Waals surface area contributed by atoms with Crippen LogP contribution in [0.4, 0.5) is 0 Å². The smallest absolute Gasteiger partial charge is 0.117 e. The minimum atomic E-state index is 0.795. The van der Waals surface area contributed by atoms with Crippen molar-refractivity contribution in [3.63, 3.8) is 0 Å². The molecule has 0 bridgehead atoms. The Balaban J connectivity index is 1.84. The van der Waals surface area contributed by atoms with Gasteiger partial charge in [0.1, 0.15) is 11.5 Å². The summed E-state index contributed by atoms with van der Waals surface area (Å²) in [4.78, 5) is 2.80. The summed E-state index contributed by atoms with van der Waals surface area (Å²) in [5, 5.41) is 3.39. The van der Waals surface area contributed by atoms with E-state index < -0.39 is 0 Å². The molecule has 3 heteroatoms. The van der Waals surface area contributed by atoms with E-state index in [1.165, 1.54) is 15.3 Å². The maximum Gasteiger partial charge on any atom is 0.117 e. The van der Waals surface area contributed by atoms with Crippen LogP contribution in [-0.2, 0) is 13.1 Å². The van der Waals surface area contributed by atoms with Gasteiger partial charge in [0, 0.05) is 16.3 Å². The molecular weight excluding hydrogens is 218 g/mol. The summed E-state index contributed by atoms with van der Waals surface area (Å²) in [6.45, 7) is 8.00. The number of hydrogen-bond acceptors (Lipinski definition) is 3. The van der Waals surface area contributed by atoms with Crippen molar-refractivity contribution in [3.8, 4) is 0 Å². The van der Waals surface area contributed by atoms with Crippen molar-refractivity contribution in [2.45, 2.75) is 33.9 Å². The number of furan rings is 1. The number of rotatable bonds is 4. The Hall–Kier alpha value is -1.06. The van der Waals surface area contributed by atoms with Crippen LogP contribution in [0.25, 0.3) is 0 Å². The van der Waals surface area contributed by atoms with Crippen molar-refractivity contribution in [1.29, 1.82) is 0 Å². The first-order chi connectivity index (χ1) is 7.65. The molecule has 2 nitrogen and oxygen atoms in total. The molecule has 1 N–H and O–H groups in total.